The van der Waals surface area contributed by atoms with Gasteiger partial charge in [-0.15, -0.1) is 0 Å². The van der Waals surface area contributed by atoms with Crippen LogP contribution in [0.25, 0.3) is 0 Å². The molecular formula is C19H20FNO3. The number of amides is 1. The quantitative estimate of drug-likeness (QED) is 0.866. The SMILES string of the molecule is COc1cc2c(cc1OC)CN(C(=O)Cc1ccc(F)cc1)CC2. The molecule has 0 aromatic heterocycles. The molecular weight excluding hydrogens is 309 g/mol. The Morgan fingerprint density at radius 3 is 2.33 bits per heavy atom. The van der Waals surface area contributed by atoms with Gasteiger partial charge in [0, 0.05) is 13.1 Å². The molecule has 1 heterocycles. The van der Waals surface area contributed by atoms with Crippen LogP contribution < -0.4 is 9.47 Å². The van der Waals surface area contributed by atoms with Crippen molar-refractivity contribution in [1.29, 1.82) is 0 Å². The van der Waals surface area contributed by atoms with Crippen LogP contribution in [0.2, 0.25) is 0 Å². The Morgan fingerprint density at radius 2 is 1.71 bits per heavy atom. The van der Waals surface area contributed by atoms with Gasteiger partial charge in [0.15, 0.2) is 11.5 Å². The number of ether oxygens (including phenoxy) is 2. The number of hydrogen-bond acceptors (Lipinski definition) is 3. The summed E-state index contributed by atoms with van der Waals surface area (Å²) in [6.07, 6.45) is 1.06. The second kappa shape index (κ2) is 6.91. The van der Waals surface area contributed by atoms with Crippen molar-refractivity contribution in [1.82, 2.24) is 4.90 Å². The smallest absolute Gasteiger partial charge is 0.227 e. The number of fused-ring (bicyclic) bond motifs is 1. The summed E-state index contributed by atoms with van der Waals surface area (Å²) in [5.74, 6) is 1.13. The Morgan fingerprint density at radius 1 is 1.08 bits per heavy atom. The van der Waals surface area contributed by atoms with E-state index in [1.54, 1.807) is 26.4 Å². The molecule has 1 aliphatic heterocycles. The van der Waals surface area contributed by atoms with E-state index in [2.05, 4.69) is 0 Å². The number of rotatable bonds is 4. The first-order chi connectivity index (χ1) is 11.6. The fourth-order valence-corrected chi connectivity index (χ4v) is 2.98. The van der Waals surface area contributed by atoms with Crippen LogP contribution in [0.3, 0.4) is 0 Å². The largest absolute Gasteiger partial charge is 0.493 e. The van der Waals surface area contributed by atoms with E-state index in [9.17, 15) is 9.18 Å². The summed E-state index contributed by atoms with van der Waals surface area (Å²) in [5.41, 5.74) is 3.07. The number of halogens is 1. The van der Waals surface area contributed by atoms with Crippen molar-refractivity contribution >= 4 is 5.91 Å². The maximum atomic E-state index is 13.0. The van der Waals surface area contributed by atoms with Crippen LogP contribution in [-0.2, 0) is 24.2 Å². The standard InChI is InChI=1S/C19H20FNO3/c1-23-17-10-14-7-8-21(12-15(14)11-18(17)24-2)19(22)9-13-3-5-16(20)6-4-13/h3-6,10-11H,7-9,12H2,1-2H3. The Balaban J connectivity index is 1.74. The summed E-state index contributed by atoms with van der Waals surface area (Å²) in [5, 5.41) is 0. The van der Waals surface area contributed by atoms with Gasteiger partial charge in [-0.05, 0) is 47.4 Å². The van der Waals surface area contributed by atoms with E-state index in [-0.39, 0.29) is 18.1 Å². The normalized spacial score (nSPS) is 13.4. The van der Waals surface area contributed by atoms with Crippen LogP contribution >= 0.6 is 0 Å². The van der Waals surface area contributed by atoms with Crippen LogP contribution in [0.15, 0.2) is 36.4 Å². The first-order valence-corrected chi connectivity index (χ1v) is 7.86. The van der Waals surface area contributed by atoms with E-state index >= 15 is 0 Å². The molecule has 0 radical (unpaired) electrons. The number of carbonyl (C=O) groups is 1. The highest BCUT2D eigenvalue weighted by Crippen LogP contribution is 2.33. The van der Waals surface area contributed by atoms with E-state index in [1.165, 1.54) is 17.7 Å². The van der Waals surface area contributed by atoms with Crippen molar-refractivity contribution < 1.29 is 18.7 Å². The molecule has 3 rings (SSSR count). The molecule has 0 bridgehead atoms. The number of hydrogen-bond donors (Lipinski definition) is 0. The third-order valence-electron chi connectivity index (χ3n) is 4.34. The fraction of sp³-hybridized carbons (Fsp3) is 0.316. The third kappa shape index (κ3) is 3.35. The zero-order valence-corrected chi connectivity index (χ0v) is 13.8. The minimum absolute atomic E-state index is 0.0436. The zero-order valence-electron chi connectivity index (χ0n) is 13.8. The summed E-state index contributed by atoms with van der Waals surface area (Å²) in [7, 11) is 3.22. The number of carbonyl (C=O) groups excluding carboxylic acids is 1. The zero-order chi connectivity index (χ0) is 17.1. The Hall–Kier alpha value is -2.56. The second-order valence-electron chi connectivity index (χ2n) is 5.84. The van der Waals surface area contributed by atoms with Gasteiger partial charge in [0.1, 0.15) is 5.82 Å². The third-order valence-corrected chi connectivity index (χ3v) is 4.34. The van der Waals surface area contributed by atoms with E-state index in [4.69, 9.17) is 9.47 Å². The second-order valence-corrected chi connectivity index (χ2v) is 5.84. The van der Waals surface area contributed by atoms with Gasteiger partial charge in [-0.3, -0.25) is 4.79 Å². The average Bonchev–Trinajstić information content (AvgIpc) is 2.61. The lowest BCUT2D eigenvalue weighted by molar-refractivity contribution is -0.131. The lowest BCUT2D eigenvalue weighted by Crippen LogP contribution is -2.36. The maximum Gasteiger partial charge on any atom is 0.227 e. The lowest BCUT2D eigenvalue weighted by atomic mass is 9.98. The van der Waals surface area contributed by atoms with Gasteiger partial charge in [-0.25, -0.2) is 4.39 Å². The summed E-state index contributed by atoms with van der Waals surface area (Å²) < 4.78 is 23.6. The summed E-state index contributed by atoms with van der Waals surface area (Å²) in [6, 6.07) is 9.98. The molecule has 5 heteroatoms. The monoisotopic (exact) mass is 329 g/mol. The molecule has 0 atom stereocenters. The highest BCUT2D eigenvalue weighted by molar-refractivity contribution is 5.79. The molecule has 0 N–H and O–H groups in total. The first kappa shape index (κ1) is 16.3. The van der Waals surface area contributed by atoms with Gasteiger partial charge >= 0.3 is 0 Å². The summed E-state index contributed by atoms with van der Waals surface area (Å²) in [4.78, 5) is 14.3. The van der Waals surface area contributed by atoms with Crippen molar-refractivity contribution in [2.45, 2.75) is 19.4 Å². The Labute approximate surface area is 140 Å². The van der Waals surface area contributed by atoms with Gasteiger partial charge in [-0.1, -0.05) is 12.1 Å². The molecule has 4 nitrogen and oxygen atoms in total. The van der Waals surface area contributed by atoms with Crippen molar-refractivity contribution in [3.63, 3.8) is 0 Å². The van der Waals surface area contributed by atoms with Gasteiger partial charge in [0.2, 0.25) is 5.91 Å². The molecule has 24 heavy (non-hydrogen) atoms. The minimum atomic E-state index is -0.292. The van der Waals surface area contributed by atoms with Crippen LogP contribution in [0.4, 0.5) is 4.39 Å². The molecule has 0 saturated carbocycles. The topological polar surface area (TPSA) is 38.8 Å². The molecule has 0 spiro atoms. The van der Waals surface area contributed by atoms with E-state index < -0.39 is 0 Å². The molecule has 1 aliphatic rings. The molecule has 0 fully saturated rings. The highest BCUT2D eigenvalue weighted by Gasteiger charge is 2.22. The number of benzene rings is 2. The lowest BCUT2D eigenvalue weighted by Gasteiger charge is -2.29. The van der Waals surface area contributed by atoms with Crippen LogP contribution in [-0.4, -0.2) is 31.6 Å². The van der Waals surface area contributed by atoms with Crippen molar-refractivity contribution in [3.8, 4) is 11.5 Å². The van der Waals surface area contributed by atoms with Gasteiger partial charge in [0.25, 0.3) is 0 Å². The minimum Gasteiger partial charge on any atom is -0.493 e. The van der Waals surface area contributed by atoms with Crippen molar-refractivity contribution in [2.75, 3.05) is 20.8 Å². The van der Waals surface area contributed by atoms with Crippen LogP contribution in [0.1, 0.15) is 16.7 Å². The molecule has 126 valence electrons. The highest BCUT2D eigenvalue weighted by atomic mass is 19.1. The summed E-state index contributed by atoms with van der Waals surface area (Å²) in [6.45, 7) is 1.22. The maximum absolute atomic E-state index is 13.0. The summed E-state index contributed by atoms with van der Waals surface area (Å²) >= 11 is 0. The fourth-order valence-electron chi connectivity index (χ4n) is 2.98. The molecule has 1 amide bonds. The van der Waals surface area contributed by atoms with Crippen molar-refractivity contribution in [2.24, 2.45) is 0 Å². The van der Waals surface area contributed by atoms with Crippen LogP contribution in [0.5, 0.6) is 11.5 Å². The van der Waals surface area contributed by atoms with E-state index in [1.807, 2.05) is 17.0 Å². The first-order valence-electron chi connectivity index (χ1n) is 7.86. The number of nitrogens with zero attached hydrogens (tertiary/aromatic N) is 1. The van der Waals surface area contributed by atoms with Gasteiger partial charge in [-0.2, -0.15) is 0 Å². The average molecular weight is 329 g/mol. The molecule has 0 saturated heterocycles. The Kier molecular flexibility index (Phi) is 4.69. The molecule has 2 aromatic rings. The predicted molar refractivity (Wildman–Crippen MR) is 88.8 cm³/mol. The van der Waals surface area contributed by atoms with Gasteiger partial charge < -0.3 is 14.4 Å². The van der Waals surface area contributed by atoms with Gasteiger partial charge in [0.05, 0.1) is 20.6 Å². The van der Waals surface area contributed by atoms with Crippen LogP contribution in [0, 0.1) is 5.82 Å². The molecule has 0 unspecified atom stereocenters. The molecule has 2 aromatic carbocycles. The molecule has 0 aliphatic carbocycles. The van der Waals surface area contributed by atoms with E-state index in [0.29, 0.717) is 24.6 Å². The van der Waals surface area contributed by atoms with E-state index in [0.717, 1.165) is 17.5 Å². The van der Waals surface area contributed by atoms with Crippen molar-refractivity contribution in [3.05, 3.63) is 58.9 Å². The Bertz CT molecular complexity index is 743. The predicted octanol–water partition coefficient (Wildman–Crippen LogP) is 2.97. The number of methoxy groups -OCH3 is 2.